The number of nitrogens with zero attached hydrogens (tertiary/aromatic N) is 1. The molecule has 1 aromatic rings. The molecule has 0 aromatic carbocycles. The van der Waals surface area contributed by atoms with E-state index in [2.05, 4.69) is 9.72 Å². The van der Waals surface area contributed by atoms with Crippen LogP contribution in [0.4, 0.5) is 0 Å². The maximum atomic E-state index is 11.5. The predicted molar refractivity (Wildman–Crippen MR) is 65.1 cm³/mol. The van der Waals surface area contributed by atoms with Crippen LogP contribution in [0, 0.1) is 0 Å². The molecule has 1 rings (SSSR count). The average molecular weight is 273 g/mol. The summed E-state index contributed by atoms with van der Waals surface area (Å²) in [7, 11) is 1.30. The van der Waals surface area contributed by atoms with Gasteiger partial charge in [0.25, 0.3) is 0 Å². The summed E-state index contributed by atoms with van der Waals surface area (Å²) < 4.78 is 9.98. The van der Waals surface area contributed by atoms with Crippen molar-refractivity contribution in [2.45, 2.75) is 11.1 Å². The second-order valence-corrected chi connectivity index (χ2v) is 4.68. The second-order valence-electron chi connectivity index (χ2n) is 2.65. The van der Waals surface area contributed by atoms with Crippen molar-refractivity contribution in [2.24, 2.45) is 0 Å². The lowest BCUT2D eigenvalue weighted by atomic mass is 10.5. The highest BCUT2D eigenvalue weighted by atomic mass is 32.2. The third-order valence-electron chi connectivity index (χ3n) is 1.58. The number of thiazole rings is 1. The van der Waals surface area contributed by atoms with Crippen molar-refractivity contribution in [1.29, 1.82) is 0 Å². The quantitative estimate of drug-likeness (QED) is 0.465. The highest BCUT2D eigenvalue weighted by Gasteiger charge is 2.15. The number of ether oxygens (including phenoxy) is 2. The zero-order chi connectivity index (χ0) is 12.7. The maximum Gasteiger partial charge on any atom is 0.359 e. The molecule has 0 saturated carbocycles. The molecule has 0 saturated heterocycles. The number of hydrogen-bond acceptors (Lipinski definition) is 7. The summed E-state index contributed by atoms with van der Waals surface area (Å²) in [5, 5.41) is 1.54. The Balaban J connectivity index is 2.66. The van der Waals surface area contributed by atoms with Crippen molar-refractivity contribution in [3.63, 3.8) is 0 Å². The summed E-state index contributed by atoms with van der Waals surface area (Å²) in [5.41, 5.74) is 1.83. The molecule has 92 valence electrons. The lowest BCUT2D eigenvalue weighted by molar-refractivity contribution is -0.134. The van der Waals surface area contributed by atoms with Crippen LogP contribution in [0.5, 0.6) is 0 Å². The number of aromatic nitrogens is 1. The van der Waals surface area contributed by atoms with Crippen molar-refractivity contribution in [3.05, 3.63) is 22.7 Å². The van der Waals surface area contributed by atoms with E-state index in [0.717, 1.165) is 0 Å². The minimum absolute atomic E-state index is 0.274. The van der Waals surface area contributed by atoms with E-state index < -0.39 is 11.9 Å². The monoisotopic (exact) mass is 273 g/mol. The molecule has 0 fully saturated rings. The molecular formula is C10H11NO4S2. The molecule has 1 heterocycles. The van der Waals surface area contributed by atoms with E-state index in [0.29, 0.717) is 10.8 Å². The largest absolute Gasteiger partial charge is 0.466 e. The van der Waals surface area contributed by atoms with Crippen LogP contribution in [0.15, 0.2) is 21.2 Å². The van der Waals surface area contributed by atoms with E-state index in [4.69, 9.17) is 4.74 Å². The van der Waals surface area contributed by atoms with E-state index in [1.165, 1.54) is 36.3 Å². The number of carbonyl (C=O) groups is 2. The fourth-order valence-electron chi connectivity index (χ4n) is 0.874. The van der Waals surface area contributed by atoms with Gasteiger partial charge in [-0.3, -0.25) is 0 Å². The Morgan fingerprint density at radius 1 is 1.59 bits per heavy atom. The highest BCUT2D eigenvalue weighted by Crippen LogP contribution is 2.28. The minimum Gasteiger partial charge on any atom is -0.466 e. The third-order valence-corrected chi connectivity index (χ3v) is 3.46. The van der Waals surface area contributed by atoms with Gasteiger partial charge >= 0.3 is 11.9 Å². The molecule has 0 bridgehead atoms. The number of thioether (sulfide) groups is 1. The first-order valence-corrected chi connectivity index (χ1v) is 6.46. The van der Waals surface area contributed by atoms with Crippen molar-refractivity contribution in [3.8, 4) is 0 Å². The van der Waals surface area contributed by atoms with Crippen LogP contribution < -0.4 is 0 Å². The lowest BCUT2D eigenvalue weighted by Crippen LogP contribution is -2.05. The molecule has 0 aliphatic rings. The Kier molecular flexibility index (Phi) is 5.71. The molecule has 1 aromatic heterocycles. The van der Waals surface area contributed by atoms with E-state index in [9.17, 15) is 9.59 Å². The standard InChI is InChI=1S/C10H11NO4S2/c1-3-15-9(13)8-10(17-6-11-8)16-5-4-7(12)14-2/h4-6H,3H2,1-2H3/b5-4-. The second kappa shape index (κ2) is 7.08. The molecule has 0 spiro atoms. The first-order valence-electron chi connectivity index (χ1n) is 4.70. The number of rotatable bonds is 5. The third kappa shape index (κ3) is 4.20. The van der Waals surface area contributed by atoms with Crippen molar-refractivity contribution in [1.82, 2.24) is 4.98 Å². The van der Waals surface area contributed by atoms with Gasteiger partial charge in [0.15, 0.2) is 5.69 Å². The van der Waals surface area contributed by atoms with Crippen molar-refractivity contribution < 1.29 is 19.1 Å². The SMILES string of the molecule is CCOC(=O)c1ncsc1S/C=C\C(=O)OC. The zero-order valence-corrected chi connectivity index (χ0v) is 11.0. The Morgan fingerprint density at radius 3 is 3.00 bits per heavy atom. The van der Waals surface area contributed by atoms with E-state index in [-0.39, 0.29) is 5.69 Å². The first-order chi connectivity index (χ1) is 8.19. The number of esters is 2. The average Bonchev–Trinajstić information content (AvgIpc) is 2.77. The molecule has 0 aliphatic heterocycles. The number of methoxy groups -OCH3 is 1. The Bertz CT molecular complexity index is 428. The van der Waals surface area contributed by atoms with Gasteiger partial charge in [-0.15, -0.1) is 11.3 Å². The summed E-state index contributed by atoms with van der Waals surface area (Å²) in [6, 6.07) is 0. The van der Waals surface area contributed by atoms with Gasteiger partial charge in [-0.05, 0) is 12.3 Å². The van der Waals surface area contributed by atoms with Crippen LogP contribution in [0.2, 0.25) is 0 Å². The zero-order valence-electron chi connectivity index (χ0n) is 9.34. The number of carbonyl (C=O) groups excluding carboxylic acids is 2. The van der Waals surface area contributed by atoms with Gasteiger partial charge in [0.1, 0.15) is 0 Å². The van der Waals surface area contributed by atoms with Crippen molar-refractivity contribution >= 4 is 35.0 Å². The van der Waals surface area contributed by atoms with Gasteiger partial charge < -0.3 is 9.47 Å². The van der Waals surface area contributed by atoms with Crippen LogP contribution in [-0.4, -0.2) is 30.6 Å². The normalized spacial score (nSPS) is 10.5. The Morgan fingerprint density at radius 2 is 2.35 bits per heavy atom. The number of hydrogen-bond donors (Lipinski definition) is 0. The van der Waals surface area contributed by atoms with Gasteiger partial charge in [-0.1, -0.05) is 11.8 Å². The summed E-state index contributed by atoms with van der Waals surface area (Å²) in [6.07, 6.45) is 1.28. The van der Waals surface area contributed by atoms with E-state index in [1.54, 1.807) is 17.8 Å². The fourth-order valence-corrected chi connectivity index (χ4v) is 2.44. The lowest BCUT2D eigenvalue weighted by Gasteiger charge is -1.99. The van der Waals surface area contributed by atoms with Crippen LogP contribution >= 0.6 is 23.1 Å². The molecule has 0 radical (unpaired) electrons. The van der Waals surface area contributed by atoms with Gasteiger partial charge in [0, 0.05) is 6.08 Å². The summed E-state index contributed by atoms with van der Waals surface area (Å²) in [4.78, 5) is 26.2. The first kappa shape index (κ1) is 13.7. The van der Waals surface area contributed by atoms with Gasteiger partial charge in [-0.25, -0.2) is 14.6 Å². The van der Waals surface area contributed by atoms with Crippen molar-refractivity contribution in [2.75, 3.05) is 13.7 Å². The maximum absolute atomic E-state index is 11.5. The van der Waals surface area contributed by atoms with Gasteiger partial charge in [0.2, 0.25) is 0 Å². The van der Waals surface area contributed by atoms with E-state index in [1.807, 2.05) is 0 Å². The molecule has 17 heavy (non-hydrogen) atoms. The van der Waals surface area contributed by atoms with E-state index >= 15 is 0 Å². The van der Waals surface area contributed by atoms with Crippen LogP contribution in [-0.2, 0) is 14.3 Å². The minimum atomic E-state index is -0.456. The summed E-state index contributed by atoms with van der Waals surface area (Å²) in [5.74, 6) is -0.901. The molecular weight excluding hydrogens is 262 g/mol. The Hall–Kier alpha value is -1.34. The summed E-state index contributed by atoms with van der Waals surface area (Å²) in [6.45, 7) is 2.03. The molecule has 0 unspecified atom stereocenters. The molecule has 7 heteroatoms. The highest BCUT2D eigenvalue weighted by molar-refractivity contribution is 8.03. The summed E-state index contributed by atoms with van der Waals surface area (Å²) >= 11 is 2.54. The van der Waals surface area contributed by atoms with Crippen LogP contribution in [0.25, 0.3) is 0 Å². The fraction of sp³-hybridized carbons (Fsp3) is 0.300. The molecule has 5 nitrogen and oxygen atoms in total. The predicted octanol–water partition coefficient (Wildman–Crippen LogP) is 2.10. The smallest absolute Gasteiger partial charge is 0.359 e. The van der Waals surface area contributed by atoms with Gasteiger partial charge in [-0.2, -0.15) is 0 Å². The molecule has 0 atom stereocenters. The molecule has 0 N–H and O–H groups in total. The van der Waals surface area contributed by atoms with Crippen LogP contribution in [0.3, 0.4) is 0 Å². The van der Waals surface area contributed by atoms with Crippen LogP contribution in [0.1, 0.15) is 17.4 Å². The molecule has 0 aliphatic carbocycles. The topological polar surface area (TPSA) is 65.5 Å². The Labute approximate surface area is 107 Å². The molecule has 0 amide bonds. The van der Waals surface area contributed by atoms with Gasteiger partial charge in [0.05, 0.1) is 23.4 Å².